The van der Waals surface area contributed by atoms with Crippen LogP contribution in [0, 0.1) is 6.92 Å². The van der Waals surface area contributed by atoms with Crippen molar-refractivity contribution < 1.29 is 0 Å². The lowest BCUT2D eigenvalue weighted by Crippen LogP contribution is -2.07. The monoisotopic (exact) mass is 322 g/mol. The molecule has 0 spiro atoms. The first-order valence-corrected chi connectivity index (χ1v) is 7.84. The Bertz CT molecular complexity index is 559. The lowest BCUT2D eigenvalue weighted by molar-refractivity contribution is 0.756. The molecule has 1 N–H and O–H groups in total. The quantitative estimate of drug-likeness (QED) is 0.905. The molecule has 1 atom stereocenters. The van der Waals surface area contributed by atoms with E-state index in [1.54, 1.807) is 11.3 Å². The molecule has 1 fully saturated rings. The number of nitrogens with zero attached hydrogens (tertiary/aromatic N) is 1. The largest absolute Gasteiger partial charge is 0.316 e. The van der Waals surface area contributed by atoms with Crippen molar-refractivity contribution in [1.82, 2.24) is 10.3 Å². The van der Waals surface area contributed by atoms with Crippen molar-refractivity contribution in [2.45, 2.75) is 19.3 Å². The lowest BCUT2D eigenvalue weighted by atomic mass is 10.1. The highest BCUT2D eigenvalue weighted by Crippen LogP contribution is 2.32. The van der Waals surface area contributed by atoms with Crippen molar-refractivity contribution >= 4 is 27.3 Å². The van der Waals surface area contributed by atoms with Crippen LogP contribution in [0.3, 0.4) is 0 Å². The van der Waals surface area contributed by atoms with Crippen molar-refractivity contribution in [3.8, 4) is 11.3 Å². The average Bonchev–Trinajstić information content (AvgIpc) is 3.00. The van der Waals surface area contributed by atoms with E-state index in [0.717, 1.165) is 23.3 Å². The predicted molar refractivity (Wildman–Crippen MR) is 80.2 cm³/mol. The average molecular weight is 323 g/mol. The van der Waals surface area contributed by atoms with Crippen molar-refractivity contribution in [2.75, 3.05) is 13.1 Å². The number of halogens is 1. The van der Waals surface area contributed by atoms with Gasteiger partial charge in [-0.3, -0.25) is 0 Å². The van der Waals surface area contributed by atoms with Crippen LogP contribution >= 0.6 is 27.3 Å². The van der Waals surface area contributed by atoms with E-state index < -0.39 is 0 Å². The summed E-state index contributed by atoms with van der Waals surface area (Å²) in [5, 5.41) is 6.86. The van der Waals surface area contributed by atoms with Crippen molar-refractivity contribution in [1.29, 1.82) is 0 Å². The molecule has 3 rings (SSSR count). The summed E-state index contributed by atoms with van der Waals surface area (Å²) in [4.78, 5) is 4.82. The Morgan fingerprint density at radius 2 is 2.33 bits per heavy atom. The van der Waals surface area contributed by atoms with Crippen LogP contribution in [0.2, 0.25) is 0 Å². The van der Waals surface area contributed by atoms with Crippen LogP contribution in [0.25, 0.3) is 11.3 Å². The third kappa shape index (κ3) is 2.37. The van der Waals surface area contributed by atoms with E-state index in [1.807, 2.05) is 0 Å². The summed E-state index contributed by atoms with van der Waals surface area (Å²) in [6.45, 7) is 4.33. The van der Waals surface area contributed by atoms with E-state index in [4.69, 9.17) is 4.98 Å². The van der Waals surface area contributed by atoms with E-state index in [1.165, 1.54) is 22.6 Å². The molecule has 0 radical (unpaired) electrons. The summed E-state index contributed by atoms with van der Waals surface area (Å²) in [6, 6.07) is 6.36. The van der Waals surface area contributed by atoms with Gasteiger partial charge in [0.2, 0.25) is 0 Å². The first kappa shape index (κ1) is 12.3. The van der Waals surface area contributed by atoms with Crippen LogP contribution in [0.15, 0.2) is 28.1 Å². The maximum absolute atomic E-state index is 4.82. The normalized spacial score (nSPS) is 19.3. The standard InChI is InChI=1S/C14H15BrN2S/c1-9-2-3-11(15)6-12(9)13-8-18-14(17-13)10-4-5-16-7-10/h2-3,6,8,10,16H,4-5,7H2,1H3. The number of aryl methyl sites for hydroxylation is 1. The molecule has 2 heterocycles. The molecule has 0 bridgehead atoms. The van der Waals surface area contributed by atoms with Gasteiger partial charge >= 0.3 is 0 Å². The molecule has 18 heavy (non-hydrogen) atoms. The summed E-state index contributed by atoms with van der Waals surface area (Å²) in [7, 11) is 0. The second-order valence-corrected chi connectivity index (χ2v) is 6.53. The second kappa shape index (κ2) is 5.11. The number of hydrogen-bond donors (Lipinski definition) is 1. The van der Waals surface area contributed by atoms with Gasteiger partial charge in [-0.15, -0.1) is 11.3 Å². The van der Waals surface area contributed by atoms with Gasteiger partial charge in [-0.05, 0) is 37.6 Å². The molecule has 4 heteroatoms. The van der Waals surface area contributed by atoms with E-state index in [9.17, 15) is 0 Å². The van der Waals surface area contributed by atoms with Gasteiger partial charge in [0, 0.05) is 27.9 Å². The zero-order chi connectivity index (χ0) is 12.5. The van der Waals surface area contributed by atoms with Gasteiger partial charge in [-0.25, -0.2) is 4.98 Å². The SMILES string of the molecule is Cc1ccc(Br)cc1-c1csc(C2CCNC2)n1. The third-order valence-electron chi connectivity index (χ3n) is 3.41. The lowest BCUT2D eigenvalue weighted by Gasteiger charge is -2.04. The number of hydrogen-bond acceptors (Lipinski definition) is 3. The van der Waals surface area contributed by atoms with Gasteiger partial charge in [0.15, 0.2) is 0 Å². The molecular weight excluding hydrogens is 308 g/mol. The summed E-state index contributed by atoms with van der Waals surface area (Å²) >= 11 is 5.32. The molecule has 94 valence electrons. The third-order valence-corrected chi connectivity index (χ3v) is 4.91. The number of benzene rings is 1. The van der Waals surface area contributed by atoms with Gasteiger partial charge in [-0.2, -0.15) is 0 Å². The molecule has 2 aromatic rings. The Morgan fingerprint density at radius 1 is 1.44 bits per heavy atom. The molecule has 0 amide bonds. The predicted octanol–water partition coefficient (Wildman–Crippen LogP) is 3.96. The minimum Gasteiger partial charge on any atom is -0.316 e. The van der Waals surface area contributed by atoms with E-state index >= 15 is 0 Å². The van der Waals surface area contributed by atoms with E-state index in [-0.39, 0.29) is 0 Å². The minimum atomic E-state index is 0.608. The Labute approximate surface area is 120 Å². The van der Waals surface area contributed by atoms with Crippen molar-refractivity contribution in [3.05, 3.63) is 38.6 Å². The highest BCUT2D eigenvalue weighted by atomic mass is 79.9. The zero-order valence-electron chi connectivity index (χ0n) is 10.2. The topological polar surface area (TPSA) is 24.9 Å². The number of rotatable bonds is 2. The molecular formula is C14H15BrN2S. The Kier molecular flexibility index (Phi) is 3.50. The first-order chi connectivity index (χ1) is 8.74. The highest BCUT2D eigenvalue weighted by Gasteiger charge is 2.20. The van der Waals surface area contributed by atoms with Gasteiger partial charge in [0.05, 0.1) is 10.7 Å². The maximum atomic E-state index is 4.82. The van der Waals surface area contributed by atoms with Crippen molar-refractivity contribution in [2.24, 2.45) is 0 Å². The minimum absolute atomic E-state index is 0.608. The Morgan fingerprint density at radius 3 is 3.11 bits per heavy atom. The van der Waals surface area contributed by atoms with Crippen LogP contribution in [-0.4, -0.2) is 18.1 Å². The molecule has 0 saturated carbocycles. The molecule has 0 aliphatic carbocycles. The maximum Gasteiger partial charge on any atom is 0.0976 e. The van der Waals surface area contributed by atoms with E-state index in [0.29, 0.717) is 5.92 Å². The molecule has 1 unspecified atom stereocenters. The number of aromatic nitrogens is 1. The molecule has 1 aliphatic rings. The number of nitrogens with one attached hydrogen (secondary N) is 1. The van der Waals surface area contributed by atoms with Gasteiger partial charge < -0.3 is 5.32 Å². The summed E-state index contributed by atoms with van der Waals surface area (Å²) < 4.78 is 1.11. The number of thiazole rings is 1. The first-order valence-electron chi connectivity index (χ1n) is 6.17. The Balaban J connectivity index is 1.94. The fraction of sp³-hybridized carbons (Fsp3) is 0.357. The second-order valence-electron chi connectivity index (χ2n) is 4.72. The molecule has 1 aromatic carbocycles. The Hall–Kier alpha value is -0.710. The van der Waals surface area contributed by atoms with Gasteiger partial charge in [0.25, 0.3) is 0 Å². The van der Waals surface area contributed by atoms with Crippen LogP contribution in [-0.2, 0) is 0 Å². The van der Waals surface area contributed by atoms with Crippen LogP contribution < -0.4 is 5.32 Å². The smallest absolute Gasteiger partial charge is 0.0976 e. The van der Waals surface area contributed by atoms with Crippen LogP contribution in [0.5, 0.6) is 0 Å². The molecule has 1 aliphatic heterocycles. The van der Waals surface area contributed by atoms with Gasteiger partial charge in [-0.1, -0.05) is 22.0 Å². The van der Waals surface area contributed by atoms with Crippen molar-refractivity contribution in [3.63, 3.8) is 0 Å². The fourth-order valence-corrected chi connectivity index (χ4v) is 3.65. The van der Waals surface area contributed by atoms with Crippen LogP contribution in [0.4, 0.5) is 0 Å². The fourth-order valence-electron chi connectivity index (χ4n) is 2.33. The summed E-state index contributed by atoms with van der Waals surface area (Å²) in [5.41, 5.74) is 3.62. The van der Waals surface area contributed by atoms with E-state index in [2.05, 4.69) is 51.7 Å². The molecule has 1 aromatic heterocycles. The molecule has 2 nitrogen and oxygen atoms in total. The van der Waals surface area contributed by atoms with Crippen LogP contribution in [0.1, 0.15) is 22.9 Å². The highest BCUT2D eigenvalue weighted by molar-refractivity contribution is 9.10. The molecule has 1 saturated heterocycles. The zero-order valence-corrected chi connectivity index (χ0v) is 12.6. The summed E-state index contributed by atoms with van der Waals surface area (Å²) in [5.74, 6) is 0.608. The summed E-state index contributed by atoms with van der Waals surface area (Å²) in [6.07, 6.45) is 1.21. The van der Waals surface area contributed by atoms with Gasteiger partial charge in [0.1, 0.15) is 0 Å².